The van der Waals surface area contributed by atoms with Crippen molar-refractivity contribution in [1.82, 2.24) is 9.88 Å². The molecule has 0 aliphatic carbocycles. The van der Waals surface area contributed by atoms with E-state index in [9.17, 15) is 4.79 Å². The minimum atomic E-state index is -0.0316. The van der Waals surface area contributed by atoms with Crippen LogP contribution < -0.4 is 5.32 Å². The number of rotatable bonds is 6. The predicted molar refractivity (Wildman–Crippen MR) is 90.6 cm³/mol. The van der Waals surface area contributed by atoms with Crippen molar-refractivity contribution >= 4 is 17.3 Å². The van der Waals surface area contributed by atoms with Gasteiger partial charge in [0.05, 0.1) is 11.9 Å². The lowest BCUT2D eigenvalue weighted by Crippen LogP contribution is -2.28. The minimum absolute atomic E-state index is 0.0316. The number of unbranched alkanes of at least 4 members (excludes halogenated alkanes) is 1. The Morgan fingerprint density at radius 1 is 1.23 bits per heavy atom. The summed E-state index contributed by atoms with van der Waals surface area (Å²) in [5, 5.41) is 3.31. The molecule has 0 saturated heterocycles. The average Bonchev–Trinajstić information content (AvgIpc) is 2.55. The van der Waals surface area contributed by atoms with Crippen LogP contribution in [0, 0.1) is 6.92 Å². The van der Waals surface area contributed by atoms with Gasteiger partial charge in [0.2, 0.25) is 0 Å². The smallest absolute Gasteiger partial charge is 0.272 e. The maximum Gasteiger partial charge on any atom is 0.272 e. The zero-order valence-corrected chi connectivity index (χ0v) is 13.5. The van der Waals surface area contributed by atoms with Gasteiger partial charge in [-0.1, -0.05) is 31.5 Å². The van der Waals surface area contributed by atoms with Crippen molar-refractivity contribution in [3.8, 4) is 0 Å². The second kappa shape index (κ2) is 7.59. The van der Waals surface area contributed by atoms with Gasteiger partial charge in [0.15, 0.2) is 0 Å². The summed E-state index contributed by atoms with van der Waals surface area (Å²) < 4.78 is 0. The van der Waals surface area contributed by atoms with Crippen molar-refractivity contribution in [2.45, 2.75) is 26.7 Å². The van der Waals surface area contributed by atoms with Crippen LogP contribution in [0.15, 0.2) is 42.6 Å². The zero-order chi connectivity index (χ0) is 15.9. The SMILES string of the molecule is CCCCN(C)C(=O)c1ccc(Nc2ccccc2C)cn1. The molecule has 2 rings (SSSR count). The van der Waals surface area contributed by atoms with Crippen molar-refractivity contribution in [2.24, 2.45) is 0 Å². The first-order chi connectivity index (χ1) is 10.6. The normalized spacial score (nSPS) is 10.3. The fourth-order valence-corrected chi connectivity index (χ4v) is 2.16. The van der Waals surface area contributed by atoms with Gasteiger partial charge in [0.1, 0.15) is 5.69 Å². The number of amides is 1. The Morgan fingerprint density at radius 3 is 2.64 bits per heavy atom. The Bertz CT molecular complexity index is 622. The maximum atomic E-state index is 12.2. The van der Waals surface area contributed by atoms with Gasteiger partial charge in [0, 0.05) is 19.3 Å². The molecule has 0 radical (unpaired) electrons. The predicted octanol–water partition coefficient (Wildman–Crippen LogP) is 4.01. The molecule has 0 atom stereocenters. The van der Waals surface area contributed by atoms with E-state index in [1.165, 1.54) is 5.56 Å². The van der Waals surface area contributed by atoms with E-state index >= 15 is 0 Å². The van der Waals surface area contributed by atoms with E-state index in [-0.39, 0.29) is 5.91 Å². The summed E-state index contributed by atoms with van der Waals surface area (Å²) in [7, 11) is 1.82. The number of nitrogens with one attached hydrogen (secondary N) is 1. The molecule has 0 aliphatic heterocycles. The second-order valence-corrected chi connectivity index (χ2v) is 5.45. The largest absolute Gasteiger partial charge is 0.354 e. The monoisotopic (exact) mass is 297 g/mol. The highest BCUT2D eigenvalue weighted by Crippen LogP contribution is 2.19. The first-order valence-corrected chi connectivity index (χ1v) is 7.66. The summed E-state index contributed by atoms with van der Waals surface area (Å²) in [6, 6.07) is 11.7. The highest BCUT2D eigenvalue weighted by molar-refractivity contribution is 5.92. The number of hydrogen-bond donors (Lipinski definition) is 1. The highest BCUT2D eigenvalue weighted by Gasteiger charge is 2.12. The van der Waals surface area contributed by atoms with Crippen LogP contribution in [0.1, 0.15) is 35.8 Å². The van der Waals surface area contributed by atoms with E-state index in [4.69, 9.17) is 0 Å². The van der Waals surface area contributed by atoms with Crippen LogP contribution >= 0.6 is 0 Å². The number of para-hydroxylation sites is 1. The number of anilines is 2. The fourth-order valence-electron chi connectivity index (χ4n) is 2.16. The fraction of sp³-hybridized carbons (Fsp3) is 0.333. The van der Waals surface area contributed by atoms with E-state index in [2.05, 4.69) is 30.2 Å². The van der Waals surface area contributed by atoms with Crippen molar-refractivity contribution in [3.63, 3.8) is 0 Å². The summed E-state index contributed by atoms with van der Waals surface area (Å²) >= 11 is 0. The van der Waals surface area contributed by atoms with Crippen molar-refractivity contribution in [2.75, 3.05) is 18.9 Å². The molecular weight excluding hydrogens is 274 g/mol. The van der Waals surface area contributed by atoms with Crippen molar-refractivity contribution in [3.05, 3.63) is 53.9 Å². The van der Waals surface area contributed by atoms with Crippen LogP contribution in [0.3, 0.4) is 0 Å². The zero-order valence-electron chi connectivity index (χ0n) is 13.5. The molecule has 0 bridgehead atoms. The lowest BCUT2D eigenvalue weighted by molar-refractivity contribution is 0.0787. The quantitative estimate of drug-likeness (QED) is 0.876. The Balaban J connectivity index is 2.04. The third kappa shape index (κ3) is 4.07. The molecule has 1 aromatic carbocycles. The Hall–Kier alpha value is -2.36. The Kier molecular flexibility index (Phi) is 5.53. The molecular formula is C18H23N3O. The number of aromatic nitrogens is 1. The van der Waals surface area contributed by atoms with Crippen molar-refractivity contribution < 1.29 is 4.79 Å². The second-order valence-electron chi connectivity index (χ2n) is 5.45. The first kappa shape index (κ1) is 16.0. The van der Waals surface area contributed by atoms with E-state index in [1.807, 2.05) is 31.3 Å². The molecule has 4 nitrogen and oxygen atoms in total. The lowest BCUT2D eigenvalue weighted by Gasteiger charge is -2.16. The number of pyridine rings is 1. The van der Waals surface area contributed by atoms with Crippen LogP contribution in [-0.4, -0.2) is 29.4 Å². The van der Waals surface area contributed by atoms with Gasteiger partial charge >= 0.3 is 0 Å². The minimum Gasteiger partial charge on any atom is -0.354 e. The van der Waals surface area contributed by atoms with Crippen LogP contribution in [-0.2, 0) is 0 Å². The van der Waals surface area contributed by atoms with Gasteiger partial charge in [0.25, 0.3) is 5.91 Å². The van der Waals surface area contributed by atoms with Gasteiger partial charge in [-0.05, 0) is 37.1 Å². The third-order valence-electron chi connectivity index (χ3n) is 3.60. The Labute approximate surface area is 132 Å². The van der Waals surface area contributed by atoms with Gasteiger partial charge in [-0.25, -0.2) is 4.98 Å². The van der Waals surface area contributed by atoms with Gasteiger partial charge in [-0.2, -0.15) is 0 Å². The number of aryl methyl sites for hydroxylation is 1. The number of carbonyl (C=O) groups is 1. The average molecular weight is 297 g/mol. The molecule has 2 aromatic rings. The molecule has 1 N–H and O–H groups in total. The van der Waals surface area contributed by atoms with Crippen LogP contribution in [0.5, 0.6) is 0 Å². The van der Waals surface area contributed by atoms with Gasteiger partial charge in [-0.3, -0.25) is 4.79 Å². The van der Waals surface area contributed by atoms with Crippen LogP contribution in [0.25, 0.3) is 0 Å². The molecule has 1 heterocycles. The lowest BCUT2D eigenvalue weighted by atomic mass is 10.2. The molecule has 0 fully saturated rings. The standard InChI is InChI=1S/C18H23N3O/c1-4-5-12-21(3)18(22)17-11-10-15(13-19-17)20-16-9-7-6-8-14(16)2/h6-11,13,20H,4-5,12H2,1-3H3. The van der Waals surface area contributed by atoms with Crippen molar-refractivity contribution in [1.29, 1.82) is 0 Å². The van der Waals surface area contributed by atoms with Gasteiger partial charge in [-0.15, -0.1) is 0 Å². The van der Waals surface area contributed by atoms with E-state index in [1.54, 1.807) is 17.2 Å². The molecule has 0 unspecified atom stereocenters. The first-order valence-electron chi connectivity index (χ1n) is 7.66. The third-order valence-corrected chi connectivity index (χ3v) is 3.60. The molecule has 116 valence electrons. The topological polar surface area (TPSA) is 45.2 Å². The summed E-state index contributed by atoms with van der Waals surface area (Å²) in [4.78, 5) is 18.2. The molecule has 0 saturated carbocycles. The van der Waals surface area contributed by atoms with E-state index in [0.29, 0.717) is 5.69 Å². The molecule has 1 amide bonds. The van der Waals surface area contributed by atoms with Crippen LogP contribution in [0.2, 0.25) is 0 Å². The summed E-state index contributed by atoms with van der Waals surface area (Å²) in [5.74, 6) is -0.0316. The summed E-state index contributed by atoms with van der Waals surface area (Å²) in [6.07, 6.45) is 3.78. The molecule has 0 aliphatic rings. The van der Waals surface area contributed by atoms with E-state index < -0.39 is 0 Å². The molecule has 4 heteroatoms. The molecule has 0 spiro atoms. The molecule has 1 aromatic heterocycles. The van der Waals surface area contributed by atoms with E-state index in [0.717, 1.165) is 30.8 Å². The number of hydrogen-bond acceptors (Lipinski definition) is 3. The summed E-state index contributed by atoms with van der Waals surface area (Å²) in [6.45, 7) is 4.93. The van der Waals surface area contributed by atoms with Crippen LogP contribution in [0.4, 0.5) is 11.4 Å². The number of benzene rings is 1. The molecule has 22 heavy (non-hydrogen) atoms. The maximum absolute atomic E-state index is 12.2. The number of carbonyl (C=O) groups excluding carboxylic acids is 1. The summed E-state index contributed by atoms with van der Waals surface area (Å²) in [5.41, 5.74) is 3.57. The number of nitrogens with zero attached hydrogens (tertiary/aromatic N) is 2. The highest BCUT2D eigenvalue weighted by atomic mass is 16.2. The van der Waals surface area contributed by atoms with Gasteiger partial charge < -0.3 is 10.2 Å². The Morgan fingerprint density at radius 2 is 2.00 bits per heavy atom.